The van der Waals surface area contributed by atoms with Crippen LogP contribution in [0.3, 0.4) is 0 Å². The second kappa shape index (κ2) is 9.37. The topological polar surface area (TPSA) is 88.6 Å². The standard InChI is InChI=1S/C21H27N3O4S/c1-3-28-20-7-6-19(13-16(20)2)29(26,27)24-12-4-5-18(15-24)21(25)23-14-17-8-10-22-11-9-17/h6-11,13,18H,3-5,12,14-15H2,1-2H3,(H,23,25)/t18-/m0/s1. The fourth-order valence-corrected chi connectivity index (χ4v) is 5.07. The maximum atomic E-state index is 13.1. The zero-order chi connectivity index (χ0) is 20.9. The summed E-state index contributed by atoms with van der Waals surface area (Å²) in [5.74, 6) is 0.201. The Labute approximate surface area is 172 Å². The van der Waals surface area contributed by atoms with Crippen molar-refractivity contribution >= 4 is 15.9 Å². The van der Waals surface area contributed by atoms with Crippen LogP contribution >= 0.6 is 0 Å². The number of piperidine rings is 1. The van der Waals surface area contributed by atoms with Gasteiger partial charge in [0, 0.05) is 32.0 Å². The number of pyridine rings is 1. The van der Waals surface area contributed by atoms with Gasteiger partial charge in [-0.15, -0.1) is 0 Å². The largest absolute Gasteiger partial charge is 0.494 e. The highest BCUT2D eigenvalue weighted by Crippen LogP contribution is 2.27. The maximum Gasteiger partial charge on any atom is 0.243 e. The first-order valence-electron chi connectivity index (χ1n) is 9.82. The molecule has 1 N–H and O–H groups in total. The summed E-state index contributed by atoms with van der Waals surface area (Å²) in [6.07, 6.45) is 4.68. The molecule has 0 bridgehead atoms. The Morgan fingerprint density at radius 1 is 1.28 bits per heavy atom. The highest BCUT2D eigenvalue weighted by Gasteiger charge is 2.33. The minimum Gasteiger partial charge on any atom is -0.494 e. The van der Waals surface area contributed by atoms with Crippen LogP contribution in [0.15, 0.2) is 47.6 Å². The number of carbonyl (C=O) groups is 1. The third-order valence-electron chi connectivity index (χ3n) is 5.06. The summed E-state index contributed by atoms with van der Waals surface area (Å²) in [4.78, 5) is 16.8. The molecule has 1 atom stereocenters. The Balaban J connectivity index is 1.67. The summed E-state index contributed by atoms with van der Waals surface area (Å²) < 4.78 is 33.1. The molecule has 0 aliphatic carbocycles. The lowest BCUT2D eigenvalue weighted by Gasteiger charge is -2.31. The number of aromatic nitrogens is 1. The van der Waals surface area contributed by atoms with Crippen LogP contribution in [0.2, 0.25) is 0 Å². The van der Waals surface area contributed by atoms with E-state index in [1.54, 1.807) is 30.6 Å². The first kappa shape index (κ1) is 21.3. The highest BCUT2D eigenvalue weighted by molar-refractivity contribution is 7.89. The number of amides is 1. The van der Waals surface area contributed by atoms with Crippen LogP contribution in [0.1, 0.15) is 30.9 Å². The van der Waals surface area contributed by atoms with Crippen molar-refractivity contribution in [2.24, 2.45) is 5.92 Å². The number of nitrogens with one attached hydrogen (secondary N) is 1. The van der Waals surface area contributed by atoms with Crippen molar-refractivity contribution in [1.29, 1.82) is 0 Å². The molecule has 0 radical (unpaired) electrons. The first-order valence-corrected chi connectivity index (χ1v) is 11.3. The molecular formula is C21H27N3O4S. The minimum absolute atomic E-state index is 0.121. The Hall–Kier alpha value is -2.45. The van der Waals surface area contributed by atoms with E-state index >= 15 is 0 Å². The monoisotopic (exact) mass is 417 g/mol. The SMILES string of the molecule is CCOc1ccc(S(=O)(=O)N2CCC[C@H](C(=O)NCc3ccncc3)C2)cc1C. The van der Waals surface area contributed by atoms with Gasteiger partial charge in [-0.2, -0.15) is 4.31 Å². The van der Waals surface area contributed by atoms with Crippen molar-refractivity contribution in [2.45, 2.75) is 38.1 Å². The van der Waals surface area contributed by atoms with Gasteiger partial charge in [0.25, 0.3) is 0 Å². The van der Waals surface area contributed by atoms with Crippen molar-refractivity contribution in [3.8, 4) is 5.75 Å². The molecule has 2 heterocycles. The van der Waals surface area contributed by atoms with Gasteiger partial charge in [-0.1, -0.05) is 0 Å². The lowest BCUT2D eigenvalue weighted by molar-refractivity contribution is -0.126. The number of aryl methyl sites for hydroxylation is 1. The molecule has 8 heteroatoms. The van der Waals surface area contributed by atoms with Gasteiger partial charge in [-0.25, -0.2) is 8.42 Å². The van der Waals surface area contributed by atoms with E-state index in [9.17, 15) is 13.2 Å². The van der Waals surface area contributed by atoms with E-state index in [4.69, 9.17) is 4.74 Å². The van der Waals surface area contributed by atoms with Crippen LogP contribution in [0.4, 0.5) is 0 Å². The number of ether oxygens (including phenoxy) is 1. The van der Waals surface area contributed by atoms with Crippen molar-refractivity contribution in [2.75, 3.05) is 19.7 Å². The quantitative estimate of drug-likeness (QED) is 0.748. The van der Waals surface area contributed by atoms with Gasteiger partial charge < -0.3 is 10.1 Å². The van der Waals surface area contributed by atoms with Gasteiger partial charge >= 0.3 is 0 Å². The molecule has 3 rings (SSSR count). The molecule has 1 aliphatic heterocycles. The fourth-order valence-electron chi connectivity index (χ4n) is 3.46. The van der Waals surface area contributed by atoms with E-state index in [1.807, 2.05) is 26.0 Å². The van der Waals surface area contributed by atoms with Gasteiger partial charge in [0.05, 0.1) is 17.4 Å². The zero-order valence-corrected chi connectivity index (χ0v) is 17.6. The normalized spacial score (nSPS) is 17.7. The summed E-state index contributed by atoms with van der Waals surface area (Å²) in [6, 6.07) is 8.57. The maximum absolute atomic E-state index is 13.1. The molecule has 1 aliphatic rings. The van der Waals surface area contributed by atoms with E-state index in [2.05, 4.69) is 10.3 Å². The number of benzene rings is 1. The second-order valence-corrected chi connectivity index (χ2v) is 9.07. The predicted octanol–water partition coefficient (Wildman–Crippen LogP) is 2.51. The fraction of sp³-hybridized carbons (Fsp3) is 0.429. The third-order valence-corrected chi connectivity index (χ3v) is 6.92. The summed E-state index contributed by atoms with van der Waals surface area (Å²) >= 11 is 0. The van der Waals surface area contributed by atoms with Crippen LogP contribution in [-0.4, -0.2) is 43.3 Å². The van der Waals surface area contributed by atoms with Gasteiger partial charge in [-0.05, 0) is 68.1 Å². The molecule has 2 aromatic rings. The average Bonchev–Trinajstić information content (AvgIpc) is 2.74. The molecule has 0 saturated carbocycles. The van der Waals surface area contributed by atoms with Gasteiger partial charge in [0.15, 0.2) is 0 Å². The van der Waals surface area contributed by atoms with Crippen molar-refractivity contribution in [1.82, 2.24) is 14.6 Å². The molecule has 1 aromatic heterocycles. The van der Waals surface area contributed by atoms with Crippen molar-refractivity contribution in [3.05, 3.63) is 53.9 Å². The van der Waals surface area contributed by atoms with E-state index in [-0.39, 0.29) is 23.3 Å². The third kappa shape index (κ3) is 5.13. The highest BCUT2D eigenvalue weighted by atomic mass is 32.2. The van der Waals surface area contributed by atoms with E-state index in [0.717, 1.165) is 11.1 Å². The number of nitrogens with zero attached hydrogens (tertiary/aromatic N) is 2. The van der Waals surface area contributed by atoms with E-state index in [1.165, 1.54) is 4.31 Å². The smallest absolute Gasteiger partial charge is 0.243 e. The summed E-state index contributed by atoms with van der Waals surface area (Å²) in [7, 11) is -3.66. The summed E-state index contributed by atoms with van der Waals surface area (Å²) in [6.45, 7) is 5.25. The molecule has 1 fully saturated rings. The average molecular weight is 418 g/mol. The predicted molar refractivity (Wildman–Crippen MR) is 110 cm³/mol. The summed E-state index contributed by atoms with van der Waals surface area (Å²) in [5, 5.41) is 2.91. The van der Waals surface area contributed by atoms with E-state index < -0.39 is 10.0 Å². The van der Waals surface area contributed by atoms with Gasteiger partial charge in [-0.3, -0.25) is 9.78 Å². The van der Waals surface area contributed by atoms with Crippen LogP contribution < -0.4 is 10.1 Å². The number of sulfonamides is 1. The van der Waals surface area contributed by atoms with E-state index in [0.29, 0.717) is 38.3 Å². The molecule has 1 saturated heterocycles. The number of hydrogen-bond donors (Lipinski definition) is 1. The number of carbonyl (C=O) groups excluding carboxylic acids is 1. The lowest BCUT2D eigenvalue weighted by atomic mass is 9.99. The Morgan fingerprint density at radius 2 is 2.03 bits per heavy atom. The molecule has 1 amide bonds. The second-order valence-electron chi connectivity index (χ2n) is 7.14. The molecular weight excluding hydrogens is 390 g/mol. The van der Waals surface area contributed by atoms with Crippen LogP contribution in [0, 0.1) is 12.8 Å². The molecule has 7 nitrogen and oxygen atoms in total. The zero-order valence-electron chi connectivity index (χ0n) is 16.8. The van der Waals surface area contributed by atoms with Gasteiger partial charge in [0.1, 0.15) is 5.75 Å². The molecule has 29 heavy (non-hydrogen) atoms. The van der Waals surface area contributed by atoms with Crippen molar-refractivity contribution in [3.63, 3.8) is 0 Å². The van der Waals surface area contributed by atoms with Gasteiger partial charge in [0.2, 0.25) is 15.9 Å². The summed E-state index contributed by atoms with van der Waals surface area (Å²) in [5.41, 5.74) is 1.73. The van der Waals surface area contributed by atoms with Crippen LogP contribution in [0.5, 0.6) is 5.75 Å². The Kier molecular flexibility index (Phi) is 6.87. The first-order chi connectivity index (χ1) is 13.9. The lowest BCUT2D eigenvalue weighted by Crippen LogP contribution is -2.45. The Bertz CT molecular complexity index is 948. The van der Waals surface area contributed by atoms with Crippen LogP contribution in [-0.2, 0) is 21.4 Å². The van der Waals surface area contributed by atoms with Crippen molar-refractivity contribution < 1.29 is 17.9 Å². The number of rotatable bonds is 7. The minimum atomic E-state index is -3.66. The Morgan fingerprint density at radius 3 is 2.72 bits per heavy atom. The van der Waals surface area contributed by atoms with Crippen LogP contribution in [0.25, 0.3) is 0 Å². The molecule has 1 aromatic carbocycles. The number of hydrogen-bond acceptors (Lipinski definition) is 5. The molecule has 0 unspecified atom stereocenters. The molecule has 156 valence electrons. The molecule has 0 spiro atoms.